The number of carbonyl (C=O) groups is 1. The molecule has 1 aliphatic heterocycles. The van der Waals surface area contributed by atoms with Gasteiger partial charge in [0.1, 0.15) is 0 Å². The van der Waals surface area contributed by atoms with E-state index < -0.39 is 0 Å². The standard InChI is InChI=1S/C8H13BN2O/c1-2-3-4-10-5-6-11(9)7-8(10)12/h2H,1,3-7H2. The van der Waals surface area contributed by atoms with Gasteiger partial charge in [-0.25, -0.2) is 0 Å². The summed E-state index contributed by atoms with van der Waals surface area (Å²) in [5.41, 5.74) is 0. The number of amides is 1. The highest BCUT2D eigenvalue weighted by Crippen LogP contribution is 2.01. The van der Waals surface area contributed by atoms with Crippen LogP contribution >= 0.6 is 0 Å². The molecule has 0 unspecified atom stereocenters. The summed E-state index contributed by atoms with van der Waals surface area (Å²) >= 11 is 0. The van der Waals surface area contributed by atoms with Crippen molar-refractivity contribution in [2.75, 3.05) is 26.2 Å². The Kier molecular flexibility index (Phi) is 3.35. The first-order valence-electron chi connectivity index (χ1n) is 4.12. The van der Waals surface area contributed by atoms with E-state index >= 15 is 0 Å². The molecule has 0 atom stereocenters. The van der Waals surface area contributed by atoms with Gasteiger partial charge in [0.25, 0.3) is 0 Å². The summed E-state index contributed by atoms with van der Waals surface area (Å²) in [6.07, 6.45) is 2.68. The van der Waals surface area contributed by atoms with E-state index in [2.05, 4.69) is 6.58 Å². The maximum atomic E-state index is 11.3. The minimum atomic E-state index is 0.116. The van der Waals surface area contributed by atoms with Gasteiger partial charge in [-0.05, 0) is 6.42 Å². The normalized spacial score (nSPS) is 19.7. The minimum Gasteiger partial charge on any atom is -0.344 e. The summed E-state index contributed by atoms with van der Waals surface area (Å²) in [6, 6.07) is 0. The van der Waals surface area contributed by atoms with Crippen molar-refractivity contribution in [2.24, 2.45) is 0 Å². The van der Waals surface area contributed by atoms with Gasteiger partial charge in [-0.3, -0.25) is 4.79 Å². The fourth-order valence-electron chi connectivity index (χ4n) is 1.21. The van der Waals surface area contributed by atoms with Crippen molar-refractivity contribution in [3.63, 3.8) is 0 Å². The van der Waals surface area contributed by atoms with Crippen LogP contribution in [0.3, 0.4) is 0 Å². The molecule has 1 rings (SSSR count). The largest absolute Gasteiger partial charge is 0.344 e. The van der Waals surface area contributed by atoms with Crippen LogP contribution in [-0.2, 0) is 4.79 Å². The lowest BCUT2D eigenvalue weighted by Crippen LogP contribution is -2.49. The molecule has 3 nitrogen and oxygen atoms in total. The highest BCUT2D eigenvalue weighted by Gasteiger charge is 2.19. The fourth-order valence-corrected chi connectivity index (χ4v) is 1.21. The van der Waals surface area contributed by atoms with Crippen molar-refractivity contribution in [2.45, 2.75) is 6.42 Å². The molecule has 1 aliphatic rings. The van der Waals surface area contributed by atoms with E-state index in [-0.39, 0.29) is 5.91 Å². The van der Waals surface area contributed by atoms with Crippen LogP contribution in [0.1, 0.15) is 6.42 Å². The average Bonchev–Trinajstić information content (AvgIpc) is 2.03. The van der Waals surface area contributed by atoms with Gasteiger partial charge in [-0.1, -0.05) is 6.08 Å². The molecule has 12 heavy (non-hydrogen) atoms. The second kappa shape index (κ2) is 4.31. The van der Waals surface area contributed by atoms with Gasteiger partial charge in [0.2, 0.25) is 5.91 Å². The maximum absolute atomic E-state index is 11.3. The summed E-state index contributed by atoms with van der Waals surface area (Å²) in [5, 5.41) is 0. The lowest BCUT2D eigenvalue weighted by atomic mass is 10.2. The summed E-state index contributed by atoms with van der Waals surface area (Å²) < 4.78 is 0. The Morgan fingerprint density at radius 2 is 2.33 bits per heavy atom. The molecular weight excluding hydrogens is 151 g/mol. The Labute approximate surface area is 74.5 Å². The van der Waals surface area contributed by atoms with Gasteiger partial charge in [0.05, 0.1) is 6.54 Å². The molecule has 64 valence electrons. The molecule has 0 aromatic heterocycles. The number of piperazine rings is 1. The van der Waals surface area contributed by atoms with Crippen molar-refractivity contribution >= 4 is 13.9 Å². The second-order valence-corrected chi connectivity index (χ2v) is 2.93. The molecule has 0 aliphatic carbocycles. The van der Waals surface area contributed by atoms with Crippen molar-refractivity contribution in [3.8, 4) is 0 Å². The first-order chi connectivity index (χ1) is 5.74. The molecule has 2 radical (unpaired) electrons. The number of rotatable bonds is 3. The van der Waals surface area contributed by atoms with E-state index in [4.69, 9.17) is 7.98 Å². The maximum Gasteiger partial charge on any atom is 0.235 e. The number of carbonyl (C=O) groups excluding carboxylic acids is 1. The zero-order chi connectivity index (χ0) is 8.97. The topological polar surface area (TPSA) is 23.6 Å². The van der Waals surface area contributed by atoms with E-state index in [1.54, 1.807) is 4.81 Å². The SMILES string of the molecule is [B]N1CCN(CCC=C)C(=O)C1. The van der Waals surface area contributed by atoms with E-state index in [9.17, 15) is 4.79 Å². The third-order valence-corrected chi connectivity index (χ3v) is 1.95. The predicted molar refractivity (Wildman–Crippen MR) is 48.7 cm³/mol. The average molecular weight is 164 g/mol. The molecule has 1 saturated heterocycles. The van der Waals surface area contributed by atoms with Crippen molar-refractivity contribution in [3.05, 3.63) is 12.7 Å². The quantitative estimate of drug-likeness (QED) is 0.425. The predicted octanol–water partition coefficient (Wildman–Crippen LogP) is -0.210. The molecule has 0 saturated carbocycles. The molecule has 0 aromatic rings. The summed E-state index contributed by atoms with van der Waals surface area (Å²) in [5.74, 6) is 0.116. The van der Waals surface area contributed by atoms with Crippen LogP contribution in [-0.4, -0.2) is 49.8 Å². The van der Waals surface area contributed by atoms with Crippen molar-refractivity contribution in [1.29, 1.82) is 0 Å². The molecular formula is C8H13BN2O. The van der Waals surface area contributed by atoms with Crippen molar-refractivity contribution < 1.29 is 4.79 Å². The Morgan fingerprint density at radius 3 is 2.92 bits per heavy atom. The zero-order valence-electron chi connectivity index (χ0n) is 7.20. The third kappa shape index (κ3) is 2.38. The summed E-state index contributed by atoms with van der Waals surface area (Å²) in [7, 11) is 5.48. The van der Waals surface area contributed by atoms with Gasteiger partial charge in [-0.2, -0.15) is 0 Å². The number of hydrogen-bond acceptors (Lipinski definition) is 2. The van der Waals surface area contributed by atoms with Crippen LogP contribution < -0.4 is 0 Å². The third-order valence-electron chi connectivity index (χ3n) is 1.95. The van der Waals surface area contributed by atoms with Crippen molar-refractivity contribution in [1.82, 2.24) is 9.71 Å². The summed E-state index contributed by atoms with van der Waals surface area (Å²) in [6.45, 7) is 6.24. The first kappa shape index (κ1) is 9.32. The van der Waals surface area contributed by atoms with E-state index in [0.29, 0.717) is 6.54 Å². The van der Waals surface area contributed by atoms with E-state index in [1.165, 1.54) is 0 Å². The Hall–Kier alpha value is -0.765. The smallest absolute Gasteiger partial charge is 0.235 e. The van der Waals surface area contributed by atoms with Gasteiger partial charge >= 0.3 is 0 Å². The Balaban J connectivity index is 2.34. The van der Waals surface area contributed by atoms with Crippen LogP contribution in [0.2, 0.25) is 0 Å². The molecule has 1 fully saturated rings. The van der Waals surface area contributed by atoms with Crippen LogP contribution in [0.25, 0.3) is 0 Å². The van der Waals surface area contributed by atoms with Gasteiger partial charge in [0, 0.05) is 19.6 Å². The van der Waals surface area contributed by atoms with Crippen LogP contribution in [0.15, 0.2) is 12.7 Å². The second-order valence-electron chi connectivity index (χ2n) is 2.93. The van der Waals surface area contributed by atoms with Crippen LogP contribution in [0.4, 0.5) is 0 Å². The van der Waals surface area contributed by atoms with Crippen LogP contribution in [0.5, 0.6) is 0 Å². The lowest BCUT2D eigenvalue weighted by molar-refractivity contribution is -0.133. The van der Waals surface area contributed by atoms with Gasteiger partial charge < -0.3 is 9.71 Å². The minimum absolute atomic E-state index is 0.116. The van der Waals surface area contributed by atoms with Crippen LogP contribution in [0, 0.1) is 0 Å². The molecule has 0 aromatic carbocycles. The lowest BCUT2D eigenvalue weighted by Gasteiger charge is -2.32. The summed E-state index contributed by atoms with van der Waals surface area (Å²) in [4.78, 5) is 14.7. The monoisotopic (exact) mass is 164 g/mol. The van der Waals surface area contributed by atoms with E-state index in [0.717, 1.165) is 26.1 Å². The molecule has 1 heterocycles. The number of nitrogens with zero attached hydrogens (tertiary/aromatic N) is 2. The molecule has 0 N–H and O–H groups in total. The Morgan fingerprint density at radius 1 is 1.58 bits per heavy atom. The van der Waals surface area contributed by atoms with Gasteiger partial charge in [-0.15, -0.1) is 6.58 Å². The Bertz CT molecular complexity index is 184. The molecule has 0 spiro atoms. The molecule has 0 bridgehead atoms. The fraction of sp³-hybridized carbons (Fsp3) is 0.625. The molecule has 4 heteroatoms. The molecule has 1 amide bonds. The highest BCUT2D eigenvalue weighted by atomic mass is 16.2. The van der Waals surface area contributed by atoms with E-state index in [1.807, 2.05) is 11.0 Å². The zero-order valence-corrected chi connectivity index (χ0v) is 7.20. The first-order valence-corrected chi connectivity index (χ1v) is 4.12. The number of hydrogen-bond donors (Lipinski definition) is 0. The van der Waals surface area contributed by atoms with Gasteiger partial charge in [0.15, 0.2) is 7.98 Å². The highest BCUT2D eigenvalue weighted by molar-refractivity contribution is 6.06.